The summed E-state index contributed by atoms with van der Waals surface area (Å²) >= 11 is 0. The van der Waals surface area contributed by atoms with E-state index >= 15 is 0 Å². The lowest BCUT2D eigenvalue weighted by molar-refractivity contribution is 0.0692. The van der Waals surface area contributed by atoms with Crippen LogP contribution in [-0.2, 0) is 0 Å². The van der Waals surface area contributed by atoms with E-state index < -0.39 is 5.97 Å². The Hall–Kier alpha value is -3.28. The van der Waals surface area contributed by atoms with Crippen molar-refractivity contribution >= 4 is 22.5 Å². The second-order valence-corrected chi connectivity index (χ2v) is 5.09. The molecule has 0 aliphatic heterocycles. The molecule has 6 nitrogen and oxygen atoms in total. The molecule has 1 heterocycles. The van der Waals surface area contributed by atoms with Crippen molar-refractivity contribution in [2.75, 3.05) is 0 Å². The van der Waals surface area contributed by atoms with Crippen LogP contribution >= 0.6 is 0 Å². The summed E-state index contributed by atoms with van der Waals surface area (Å²) in [4.78, 5) is 32.7. The van der Waals surface area contributed by atoms with Crippen molar-refractivity contribution < 1.29 is 14.7 Å². The number of aryl methyl sites for hydroxylation is 1. The molecule has 0 amide bonds. The highest BCUT2D eigenvalue weighted by Gasteiger charge is 2.11. The summed E-state index contributed by atoms with van der Waals surface area (Å²) in [5, 5.41) is 16.6. The number of hydrogen-bond acceptors (Lipinski definition) is 4. The molecule has 24 heavy (non-hydrogen) atoms. The molecule has 6 heteroatoms. The fourth-order valence-electron chi connectivity index (χ4n) is 2.23. The van der Waals surface area contributed by atoms with Crippen LogP contribution in [0.25, 0.3) is 10.8 Å². The molecule has 3 aromatic rings. The molecule has 0 aliphatic carbocycles. The third-order valence-corrected chi connectivity index (χ3v) is 3.42. The maximum atomic E-state index is 11.2. The number of Topliss-reactive ketones (excluding diaryl/α,β-unsaturated/α-hetero) is 1. The van der Waals surface area contributed by atoms with Crippen LogP contribution in [0.1, 0.15) is 33.3 Å². The summed E-state index contributed by atoms with van der Waals surface area (Å²) in [6.45, 7) is 3.22. The monoisotopic (exact) mass is 324 g/mol. The Morgan fingerprint density at radius 2 is 1.50 bits per heavy atom. The second-order valence-electron chi connectivity index (χ2n) is 5.09. The number of hydrogen-bond donors (Lipinski definition) is 2. The first-order valence-electron chi connectivity index (χ1n) is 7.19. The van der Waals surface area contributed by atoms with Crippen LogP contribution in [-0.4, -0.2) is 27.1 Å². The van der Waals surface area contributed by atoms with Gasteiger partial charge in [0.1, 0.15) is 0 Å². The minimum atomic E-state index is -1.07. The Balaban J connectivity index is 0.000000174. The average Bonchev–Trinajstić information content (AvgIpc) is 2.59. The van der Waals surface area contributed by atoms with Gasteiger partial charge in [-0.1, -0.05) is 36.4 Å². The van der Waals surface area contributed by atoms with E-state index in [0.29, 0.717) is 5.39 Å². The van der Waals surface area contributed by atoms with Crippen LogP contribution in [0, 0.1) is 6.92 Å². The molecule has 0 spiro atoms. The van der Waals surface area contributed by atoms with Crippen LogP contribution in [0.3, 0.4) is 0 Å². The Morgan fingerprint density at radius 3 is 2.00 bits per heavy atom. The van der Waals surface area contributed by atoms with E-state index in [1.807, 2.05) is 25.1 Å². The molecule has 0 atom stereocenters. The number of benzene rings is 2. The van der Waals surface area contributed by atoms with Crippen molar-refractivity contribution in [3.05, 3.63) is 75.7 Å². The third-order valence-electron chi connectivity index (χ3n) is 3.42. The molecule has 3 rings (SSSR count). The number of fused-ring (bicyclic) bond motifs is 1. The Labute approximate surface area is 137 Å². The zero-order valence-corrected chi connectivity index (χ0v) is 13.2. The van der Waals surface area contributed by atoms with Crippen molar-refractivity contribution in [2.45, 2.75) is 13.8 Å². The average molecular weight is 324 g/mol. The van der Waals surface area contributed by atoms with Crippen LogP contribution in [0.2, 0.25) is 0 Å². The molecule has 0 bridgehead atoms. The van der Waals surface area contributed by atoms with Crippen molar-refractivity contribution in [1.82, 2.24) is 10.2 Å². The number of aromatic carboxylic acids is 1. The van der Waals surface area contributed by atoms with Gasteiger partial charge in [0.15, 0.2) is 5.78 Å². The fraction of sp³-hybridized carbons (Fsp3) is 0.111. The van der Waals surface area contributed by atoms with Crippen molar-refractivity contribution in [3.63, 3.8) is 0 Å². The number of H-pyrrole nitrogens is 1. The molecule has 0 fully saturated rings. The number of ketones is 1. The Kier molecular flexibility index (Phi) is 5.21. The van der Waals surface area contributed by atoms with E-state index in [9.17, 15) is 14.4 Å². The van der Waals surface area contributed by atoms with E-state index in [0.717, 1.165) is 11.1 Å². The van der Waals surface area contributed by atoms with Crippen LogP contribution in [0.5, 0.6) is 0 Å². The predicted octanol–water partition coefficient (Wildman–Crippen LogP) is 2.82. The zero-order valence-electron chi connectivity index (χ0n) is 13.2. The number of carbonyl (C=O) groups excluding carboxylic acids is 1. The lowest BCUT2D eigenvalue weighted by atomic mass is 10.1. The largest absolute Gasteiger partial charge is 0.478 e. The van der Waals surface area contributed by atoms with Gasteiger partial charge in [0.2, 0.25) is 0 Å². The number of carbonyl (C=O) groups is 2. The highest BCUT2D eigenvalue weighted by Crippen LogP contribution is 2.10. The number of carboxylic acid groups (broad SMARTS) is 1. The zero-order chi connectivity index (χ0) is 17.7. The molecule has 0 radical (unpaired) electrons. The van der Waals surface area contributed by atoms with Gasteiger partial charge < -0.3 is 5.11 Å². The van der Waals surface area contributed by atoms with Crippen molar-refractivity contribution in [2.24, 2.45) is 0 Å². The highest BCUT2D eigenvalue weighted by atomic mass is 16.4. The summed E-state index contributed by atoms with van der Waals surface area (Å²) in [6.07, 6.45) is 0. The van der Waals surface area contributed by atoms with Gasteiger partial charge in [-0.3, -0.25) is 9.59 Å². The van der Waals surface area contributed by atoms with Gasteiger partial charge in [0.05, 0.1) is 16.6 Å². The lowest BCUT2D eigenvalue weighted by Gasteiger charge is -1.99. The number of nitrogens with one attached hydrogen (secondary N) is 1. The smallest absolute Gasteiger partial charge is 0.336 e. The fourth-order valence-corrected chi connectivity index (χ4v) is 2.23. The van der Waals surface area contributed by atoms with Gasteiger partial charge in [-0.2, -0.15) is 5.10 Å². The van der Waals surface area contributed by atoms with Crippen molar-refractivity contribution in [1.29, 1.82) is 0 Å². The first-order valence-corrected chi connectivity index (χ1v) is 7.19. The standard InChI is InChI=1S/C9H8N2O.C9H8O3/c1-6-7-4-2-3-5-8(7)9(12)11-10-6;1-6(10)7-4-2-3-5-8(7)9(11)12/h2*2-5H,1H3,(H,11,12). The van der Waals surface area contributed by atoms with Crippen LogP contribution in [0.15, 0.2) is 53.3 Å². The van der Waals surface area contributed by atoms with Gasteiger partial charge in [0.25, 0.3) is 5.56 Å². The third kappa shape index (κ3) is 3.73. The summed E-state index contributed by atoms with van der Waals surface area (Å²) in [5.74, 6) is -1.30. The topological polar surface area (TPSA) is 100 Å². The predicted molar refractivity (Wildman–Crippen MR) is 90.5 cm³/mol. The molecule has 1 aromatic heterocycles. The van der Waals surface area contributed by atoms with Gasteiger partial charge in [-0.25, -0.2) is 9.89 Å². The SMILES string of the molecule is CC(=O)c1ccccc1C(=O)O.Cc1n[nH]c(=O)c2ccccc12. The van der Waals surface area contributed by atoms with Gasteiger partial charge in [0, 0.05) is 10.9 Å². The number of aromatic amines is 1. The Bertz CT molecular complexity index is 927. The first-order chi connectivity index (χ1) is 11.4. The normalized spacial score (nSPS) is 9.92. The maximum absolute atomic E-state index is 11.2. The second kappa shape index (κ2) is 7.32. The molecule has 0 unspecified atom stereocenters. The number of rotatable bonds is 2. The molecule has 0 saturated heterocycles. The molecular weight excluding hydrogens is 308 g/mol. The number of nitrogens with zero attached hydrogens (tertiary/aromatic N) is 1. The van der Waals surface area contributed by atoms with E-state index in [-0.39, 0.29) is 22.5 Å². The summed E-state index contributed by atoms with van der Waals surface area (Å²) < 4.78 is 0. The molecule has 0 saturated carbocycles. The maximum Gasteiger partial charge on any atom is 0.336 e. The van der Waals surface area contributed by atoms with Crippen LogP contribution < -0.4 is 5.56 Å². The van der Waals surface area contributed by atoms with E-state index in [2.05, 4.69) is 10.2 Å². The van der Waals surface area contributed by atoms with Crippen molar-refractivity contribution in [3.8, 4) is 0 Å². The highest BCUT2D eigenvalue weighted by molar-refractivity contribution is 6.04. The summed E-state index contributed by atoms with van der Waals surface area (Å²) in [5.41, 5.74) is 1.04. The van der Waals surface area contributed by atoms with E-state index in [4.69, 9.17) is 5.11 Å². The first kappa shape index (κ1) is 17.1. The summed E-state index contributed by atoms with van der Waals surface area (Å²) in [6, 6.07) is 13.6. The quantitative estimate of drug-likeness (QED) is 0.706. The van der Waals surface area contributed by atoms with Crippen LogP contribution in [0.4, 0.5) is 0 Å². The molecule has 0 aliphatic rings. The summed E-state index contributed by atoms with van der Waals surface area (Å²) in [7, 11) is 0. The van der Waals surface area contributed by atoms with E-state index in [1.165, 1.54) is 19.1 Å². The minimum absolute atomic E-state index is 0.0602. The Morgan fingerprint density at radius 1 is 0.958 bits per heavy atom. The molecular formula is C18H16N2O4. The van der Waals surface area contributed by atoms with Gasteiger partial charge >= 0.3 is 5.97 Å². The molecule has 2 aromatic carbocycles. The lowest BCUT2D eigenvalue weighted by Crippen LogP contribution is -2.09. The van der Waals surface area contributed by atoms with Gasteiger partial charge in [-0.05, 0) is 26.0 Å². The minimum Gasteiger partial charge on any atom is -0.478 e. The molecule has 122 valence electrons. The van der Waals surface area contributed by atoms with E-state index in [1.54, 1.807) is 18.2 Å². The molecule has 2 N–H and O–H groups in total. The number of carboxylic acids is 1. The number of aromatic nitrogens is 2. The van der Waals surface area contributed by atoms with Gasteiger partial charge in [-0.15, -0.1) is 0 Å².